The molecule has 0 unspecified atom stereocenters. The van der Waals surface area contributed by atoms with Crippen molar-refractivity contribution in [1.29, 1.82) is 0 Å². The van der Waals surface area contributed by atoms with Crippen LogP contribution < -0.4 is 5.56 Å². The lowest BCUT2D eigenvalue weighted by Gasteiger charge is -2.10. The molecule has 23 heavy (non-hydrogen) atoms. The van der Waals surface area contributed by atoms with E-state index in [9.17, 15) is 17.6 Å². The van der Waals surface area contributed by atoms with E-state index >= 15 is 0 Å². The summed E-state index contributed by atoms with van der Waals surface area (Å²) < 4.78 is 36.9. The zero-order chi connectivity index (χ0) is 16.8. The van der Waals surface area contributed by atoms with E-state index < -0.39 is 26.4 Å². The number of H-pyrrole nitrogens is 1. The van der Waals surface area contributed by atoms with E-state index in [2.05, 4.69) is 15.0 Å². The second-order valence-electron chi connectivity index (χ2n) is 5.17. The molecular formula is C15H12FN3O3S. The zero-order valence-electron chi connectivity index (χ0n) is 12.3. The van der Waals surface area contributed by atoms with Gasteiger partial charge in [0.15, 0.2) is 0 Å². The molecule has 1 N–H and O–H groups in total. The van der Waals surface area contributed by atoms with Gasteiger partial charge >= 0.3 is 0 Å². The van der Waals surface area contributed by atoms with E-state index in [-0.39, 0.29) is 5.65 Å². The molecular weight excluding hydrogens is 321 g/mol. The average Bonchev–Trinajstić information content (AvgIpc) is 2.45. The standard InChI is InChI=1S/C15H12FN3O3S/c1-8-7-9(16)3-4-10(8)13-11-5-6-12(20)17-14(11)19-15(18-13)23(2,21)22/h3-7H,1-2H3,(H,17,18,19,20). The molecule has 0 amide bonds. The number of hydrogen-bond acceptors (Lipinski definition) is 5. The largest absolute Gasteiger partial charge is 0.306 e. The van der Waals surface area contributed by atoms with Gasteiger partial charge in [0, 0.05) is 23.3 Å². The Labute approximate surface area is 131 Å². The third-order valence-electron chi connectivity index (χ3n) is 3.34. The summed E-state index contributed by atoms with van der Waals surface area (Å²) in [5.74, 6) is -0.402. The highest BCUT2D eigenvalue weighted by molar-refractivity contribution is 7.90. The Morgan fingerprint density at radius 2 is 1.87 bits per heavy atom. The average molecular weight is 333 g/mol. The van der Waals surface area contributed by atoms with E-state index in [0.29, 0.717) is 22.2 Å². The van der Waals surface area contributed by atoms with Crippen molar-refractivity contribution >= 4 is 20.9 Å². The maximum absolute atomic E-state index is 13.3. The number of benzene rings is 1. The highest BCUT2D eigenvalue weighted by Gasteiger charge is 2.18. The Morgan fingerprint density at radius 1 is 1.13 bits per heavy atom. The van der Waals surface area contributed by atoms with Gasteiger partial charge in [-0.05, 0) is 36.8 Å². The summed E-state index contributed by atoms with van der Waals surface area (Å²) in [7, 11) is -3.68. The van der Waals surface area contributed by atoms with E-state index in [1.54, 1.807) is 6.92 Å². The van der Waals surface area contributed by atoms with Crippen molar-refractivity contribution in [2.75, 3.05) is 6.26 Å². The van der Waals surface area contributed by atoms with E-state index in [1.165, 1.54) is 30.3 Å². The number of hydrogen-bond donors (Lipinski definition) is 1. The smallest absolute Gasteiger partial charge is 0.249 e. The Bertz CT molecular complexity index is 1090. The molecule has 3 aromatic rings. The van der Waals surface area contributed by atoms with Crippen molar-refractivity contribution < 1.29 is 12.8 Å². The molecule has 118 valence electrons. The van der Waals surface area contributed by atoms with Crippen LogP contribution in [0, 0.1) is 12.7 Å². The molecule has 2 heterocycles. The number of aromatic amines is 1. The molecule has 0 atom stereocenters. The van der Waals surface area contributed by atoms with Gasteiger partial charge in [0.2, 0.25) is 20.6 Å². The quantitative estimate of drug-likeness (QED) is 0.722. The van der Waals surface area contributed by atoms with Gasteiger partial charge in [0.25, 0.3) is 0 Å². The van der Waals surface area contributed by atoms with Gasteiger partial charge in [0.05, 0.1) is 5.69 Å². The van der Waals surface area contributed by atoms with Crippen molar-refractivity contribution in [3.05, 3.63) is 52.1 Å². The van der Waals surface area contributed by atoms with Crippen LogP contribution in [0.2, 0.25) is 0 Å². The van der Waals surface area contributed by atoms with Crippen molar-refractivity contribution in [3.8, 4) is 11.3 Å². The maximum Gasteiger partial charge on any atom is 0.249 e. The second-order valence-corrected chi connectivity index (χ2v) is 7.08. The van der Waals surface area contributed by atoms with Gasteiger partial charge in [-0.2, -0.15) is 0 Å². The summed E-state index contributed by atoms with van der Waals surface area (Å²) in [5, 5.41) is 0.0808. The number of halogens is 1. The molecule has 0 aliphatic heterocycles. The molecule has 3 rings (SSSR count). The lowest BCUT2D eigenvalue weighted by Crippen LogP contribution is -2.10. The molecule has 0 radical (unpaired) electrons. The summed E-state index contributed by atoms with van der Waals surface area (Å²) in [4.78, 5) is 22.0. The number of pyridine rings is 1. The van der Waals surface area contributed by atoms with Crippen molar-refractivity contribution in [1.82, 2.24) is 15.0 Å². The number of nitrogens with one attached hydrogen (secondary N) is 1. The zero-order valence-corrected chi connectivity index (χ0v) is 13.1. The van der Waals surface area contributed by atoms with Crippen LogP contribution in [0.4, 0.5) is 4.39 Å². The first kappa shape index (κ1) is 15.3. The fraction of sp³-hybridized carbons (Fsp3) is 0.133. The third-order valence-corrected chi connectivity index (χ3v) is 4.19. The monoisotopic (exact) mass is 333 g/mol. The molecule has 1 aromatic carbocycles. The van der Waals surface area contributed by atoms with Gasteiger partial charge < -0.3 is 4.98 Å². The Morgan fingerprint density at radius 3 is 2.52 bits per heavy atom. The summed E-state index contributed by atoms with van der Waals surface area (Å²) in [6.07, 6.45) is 0.983. The fourth-order valence-corrected chi connectivity index (χ4v) is 2.80. The normalized spacial score (nSPS) is 11.8. The topological polar surface area (TPSA) is 92.8 Å². The van der Waals surface area contributed by atoms with Crippen LogP contribution in [0.3, 0.4) is 0 Å². The lowest BCUT2D eigenvalue weighted by molar-refractivity contribution is 0.593. The minimum absolute atomic E-state index is 0.117. The predicted molar refractivity (Wildman–Crippen MR) is 83.4 cm³/mol. The van der Waals surface area contributed by atoms with Gasteiger partial charge in [0.1, 0.15) is 11.5 Å². The molecule has 0 fully saturated rings. The van der Waals surface area contributed by atoms with Gasteiger partial charge in [-0.1, -0.05) is 0 Å². The molecule has 6 nitrogen and oxygen atoms in total. The van der Waals surface area contributed by atoms with Crippen LogP contribution in [0.25, 0.3) is 22.3 Å². The SMILES string of the molecule is Cc1cc(F)ccc1-c1nc(S(C)(=O)=O)nc2[nH]c(=O)ccc12. The molecule has 0 saturated heterocycles. The molecule has 8 heteroatoms. The Hall–Kier alpha value is -2.61. The first-order valence-electron chi connectivity index (χ1n) is 6.63. The minimum Gasteiger partial charge on any atom is -0.306 e. The number of aromatic nitrogens is 3. The second kappa shape index (κ2) is 5.24. The first-order chi connectivity index (χ1) is 10.8. The van der Waals surface area contributed by atoms with Crippen LogP contribution in [0.1, 0.15) is 5.56 Å². The highest BCUT2D eigenvalue weighted by Crippen LogP contribution is 2.28. The lowest BCUT2D eigenvalue weighted by atomic mass is 10.0. The summed E-state index contributed by atoms with van der Waals surface area (Å²) in [5.41, 5.74) is 1.19. The molecule has 0 bridgehead atoms. The van der Waals surface area contributed by atoms with Crippen LogP contribution in [-0.4, -0.2) is 29.6 Å². The molecule has 0 aliphatic rings. The van der Waals surface area contributed by atoms with E-state index in [4.69, 9.17) is 0 Å². The van der Waals surface area contributed by atoms with Crippen LogP contribution >= 0.6 is 0 Å². The number of rotatable bonds is 2. The van der Waals surface area contributed by atoms with Gasteiger partial charge in [-0.25, -0.2) is 22.8 Å². The number of aryl methyl sites for hydroxylation is 1. The number of fused-ring (bicyclic) bond motifs is 1. The fourth-order valence-electron chi connectivity index (χ4n) is 2.28. The van der Waals surface area contributed by atoms with E-state index in [1.807, 2.05) is 0 Å². The number of nitrogens with zero attached hydrogens (tertiary/aromatic N) is 2. The highest BCUT2D eigenvalue weighted by atomic mass is 32.2. The molecule has 0 aliphatic carbocycles. The first-order valence-corrected chi connectivity index (χ1v) is 8.52. The summed E-state index contributed by atoms with van der Waals surface area (Å²) in [6, 6.07) is 6.92. The summed E-state index contributed by atoms with van der Waals surface area (Å²) in [6.45, 7) is 1.69. The molecule has 2 aromatic heterocycles. The van der Waals surface area contributed by atoms with Crippen molar-refractivity contribution in [2.24, 2.45) is 0 Å². The van der Waals surface area contributed by atoms with Crippen LogP contribution in [0.5, 0.6) is 0 Å². The van der Waals surface area contributed by atoms with E-state index in [0.717, 1.165) is 6.26 Å². The Balaban J connectivity index is 2.45. The number of sulfone groups is 1. The van der Waals surface area contributed by atoms with Crippen molar-refractivity contribution in [3.63, 3.8) is 0 Å². The van der Waals surface area contributed by atoms with Crippen LogP contribution in [-0.2, 0) is 9.84 Å². The molecule has 0 saturated carbocycles. The molecule has 0 spiro atoms. The van der Waals surface area contributed by atoms with Crippen molar-refractivity contribution in [2.45, 2.75) is 12.1 Å². The Kier molecular flexibility index (Phi) is 3.48. The maximum atomic E-state index is 13.3. The van der Waals surface area contributed by atoms with Gasteiger partial charge in [-0.15, -0.1) is 0 Å². The summed E-state index contributed by atoms with van der Waals surface area (Å²) >= 11 is 0. The third kappa shape index (κ3) is 2.85. The van der Waals surface area contributed by atoms with Gasteiger partial charge in [-0.3, -0.25) is 4.79 Å². The van der Waals surface area contributed by atoms with Crippen LogP contribution in [0.15, 0.2) is 40.3 Å². The predicted octanol–water partition coefficient (Wildman–Crippen LogP) is 1.84. The minimum atomic E-state index is -3.68.